The number of likely N-dealkylation sites (N-methyl/N-ethyl adjacent to an activating group) is 2. The summed E-state index contributed by atoms with van der Waals surface area (Å²) in [5.74, 6) is -1.37. The molecule has 0 spiro atoms. The lowest BCUT2D eigenvalue weighted by Crippen LogP contribution is -2.46. The summed E-state index contributed by atoms with van der Waals surface area (Å²) < 4.78 is 22.9. The molecule has 1 aliphatic rings. The topological polar surface area (TPSA) is 74.8 Å². The fraction of sp³-hybridized carbons (Fsp3) is 0.429. The summed E-state index contributed by atoms with van der Waals surface area (Å²) in [5, 5.41) is 0. The maximum absolute atomic E-state index is 12.2. The molecular weight excluding hydrogens is 292 g/mol. The summed E-state index contributed by atoms with van der Waals surface area (Å²) in [6.07, 6.45) is 0.382. The van der Waals surface area contributed by atoms with Gasteiger partial charge in [0.25, 0.3) is 0 Å². The maximum Gasteiger partial charge on any atom is 0.316 e. The maximum atomic E-state index is 12.2. The van der Waals surface area contributed by atoms with E-state index in [-0.39, 0.29) is 11.5 Å². The first-order valence-electron chi connectivity index (χ1n) is 6.62. The SMILES string of the molecule is CN(C(=O)C(=O)N(C)C1CCS(=O)(=O)C1)c1ccccc1. The number of benzene rings is 1. The molecule has 0 aromatic heterocycles. The number of para-hydroxylation sites is 1. The molecule has 21 heavy (non-hydrogen) atoms. The van der Waals surface area contributed by atoms with E-state index in [0.717, 1.165) is 0 Å². The van der Waals surface area contributed by atoms with Gasteiger partial charge in [-0.25, -0.2) is 8.42 Å². The molecule has 7 heteroatoms. The van der Waals surface area contributed by atoms with Crippen LogP contribution in [0.4, 0.5) is 5.69 Å². The quantitative estimate of drug-likeness (QED) is 0.736. The minimum absolute atomic E-state index is 0.0675. The van der Waals surface area contributed by atoms with Gasteiger partial charge < -0.3 is 9.80 Å². The van der Waals surface area contributed by atoms with Gasteiger partial charge in [-0.15, -0.1) is 0 Å². The molecule has 114 valence electrons. The predicted octanol–water partition coefficient (Wildman–Crippen LogP) is 0.295. The molecule has 1 aliphatic heterocycles. The summed E-state index contributed by atoms with van der Waals surface area (Å²) in [5.41, 5.74) is 0.614. The standard InChI is InChI=1S/C14H18N2O4S/c1-15(11-6-4-3-5-7-11)13(17)14(18)16(2)12-8-9-21(19,20)10-12/h3-7,12H,8-10H2,1-2H3. The molecule has 1 atom stereocenters. The third kappa shape index (κ3) is 3.41. The predicted molar refractivity (Wildman–Crippen MR) is 79.7 cm³/mol. The molecule has 0 radical (unpaired) electrons. The van der Waals surface area contributed by atoms with E-state index in [1.165, 1.54) is 23.9 Å². The Balaban J connectivity index is 2.07. The number of carbonyl (C=O) groups excluding carboxylic acids is 2. The van der Waals surface area contributed by atoms with E-state index in [1.54, 1.807) is 24.3 Å². The van der Waals surface area contributed by atoms with E-state index < -0.39 is 27.7 Å². The number of hydrogen-bond donors (Lipinski definition) is 0. The highest BCUT2D eigenvalue weighted by molar-refractivity contribution is 7.91. The van der Waals surface area contributed by atoms with Gasteiger partial charge in [0.2, 0.25) is 0 Å². The molecule has 0 bridgehead atoms. The molecule has 2 rings (SSSR count). The Morgan fingerprint density at radius 2 is 1.71 bits per heavy atom. The van der Waals surface area contributed by atoms with Crippen molar-refractivity contribution in [3.63, 3.8) is 0 Å². The van der Waals surface area contributed by atoms with Crippen LogP contribution in [0.1, 0.15) is 6.42 Å². The van der Waals surface area contributed by atoms with Crippen molar-refractivity contribution in [1.82, 2.24) is 4.90 Å². The Hall–Kier alpha value is -1.89. The highest BCUT2D eigenvalue weighted by Gasteiger charge is 2.35. The highest BCUT2D eigenvalue weighted by atomic mass is 32.2. The first-order chi connectivity index (χ1) is 9.82. The number of nitrogens with zero attached hydrogens (tertiary/aromatic N) is 2. The molecule has 1 heterocycles. The van der Waals surface area contributed by atoms with Crippen LogP contribution in [-0.4, -0.2) is 56.8 Å². The van der Waals surface area contributed by atoms with E-state index in [2.05, 4.69) is 0 Å². The third-order valence-electron chi connectivity index (χ3n) is 3.71. The van der Waals surface area contributed by atoms with Crippen molar-refractivity contribution in [3.05, 3.63) is 30.3 Å². The normalized spacial score (nSPS) is 20.0. The molecule has 2 amide bonds. The van der Waals surface area contributed by atoms with Gasteiger partial charge in [-0.05, 0) is 18.6 Å². The van der Waals surface area contributed by atoms with Crippen molar-refractivity contribution < 1.29 is 18.0 Å². The number of carbonyl (C=O) groups is 2. The van der Waals surface area contributed by atoms with Crippen LogP contribution in [-0.2, 0) is 19.4 Å². The molecule has 6 nitrogen and oxygen atoms in total. The second kappa shape index (κ2) is 5.85. The van der Waals surface area contributed by atoms with Crippen molar-refractivity contribution in [3.8, 4) is 0 Å². The summed E-state index contributed by atoms with van der Waals surface area (Å²) >= 11 is 0. The van der Waals surface area contributed by atoms with Crippen LogP contribution in [0.15, 0.2) is 30.3 Å². The monoisotopic (exact) mass is 310 g/mol. The van der Waals surface area contributed by atoms with Crippen molar-refractivity contribution in [1.29, 1.82) is 0 Å². The van der Waals surface area contributed by atoms with Crippen LogP contribution in [0.2, 0.25) is 0 Å². The van der Waals surface area contributed by atoms with Crippen molar-refractivity contribution in [2.45, 2.75) is 12.5 Å². The molecule has 1 aromatic carbocycles. The van der Waals surface area contributed by atoms with Gasteiger partial charge in [0, 0.05) is 25.8 Å². The van der Waals surface area contributed by atoms with Crippen molar-refractivity contribution in [2.75, 3.05) is 30.5 Å². The van der Waals surface area contributed by atoms with E-state index in [1.807, 2.05) is 6.07 Å². The fourth-order valence-corrected chi connectivity index (χ4v) is 4.08. The molecule has 1 unspecified atom stereocenters. The van der Waals surface area contributed by atoms with Gasteiger partial charge in [-0.2, -0.15) is 0 Å². The fourth-order valence-electron chi connectivity index (χ4n) is 2.31. The smallest absolute Gasteiger partial charge is 0.316 e. The van der Waals surface area contributed by atoms with Crippen molar-refractivity contribution in [2.24, 2.45) is 0 Å². The number of amides is 2. The van der Waals surface area contributed by atoms with E-state index >= 15 is 0 Å². The van der Waals surface area contributed by atoms with E-state index in [4.69, 9.17) is 0 Å². The van der Waals surface area contributed by atoms with Gasteiger partial charge >= 0.3 is 11.8 Å². The van der Waals surface area contributed by atoms with Crippen LogP contribution in [0, 0.1) is 0 Å². The second-order valence-electron chi connectivity index (χ2n) is 5.17. The third-order valence-corrected chi connectivity index (χ3v) is 5.46. The van der Waals surface area contributed by atoms with Crippen LogP contribution >= 0.6 is 0 Å². The molecule has 1 saturated heterocycles. The highest BCUT2D eigenvalue weighted by Crippen LogP contribution is 2.18. The van der Waals surface area contributed by atoms with Crippen molar-refractivity contribution >= 4 is 27.3 Å². The lowest BCUT2D eigenvalue weighted by molar-refractivity contribution is -0.144. The summed E-state index contributed by atoms with van der Waals surface area (Å²) in [6.45, 7) is 0. The average molecular weight is 310 g/mol. The van der Waals surface area contributed by atoms with Gasteiger partial charge in [0.1, 0.15) is 0 Å². The van der Waals surface area contributed by atoms with Crippen LogP contribution in [0.25, 0.3) is 0 Å². The molecule has 0 N–H and O–H groups in total. The molecule has 1 fully saturated rings. The van der Waals surface area contributed by atoms with Crippen LogP contribution in [0.3, 0.4) is 0 Å². The molecular formula is C14H18N2O4S. The number of hydrogen-bond acceptors (Lipinski definition) is 4. The van der Waals surface area contributed by atoms with Gasteiger partial charge in [0.15, 0.2) is 9.84 Å². The lowest BCUT2D eigenvalue weighted by Gasteiger charge is -2.25. The average Bonchev–Trinajstić information content (AvgIpc) is 2.85. The zero-order valence-electron chi connectivity index (χ0n) is 12.0. The summed E-state index contributed by atoms with van der Waals surface area (Å²) in [4.78, 5) is 26.9. The van der Waals surface area contributed by atoms with Gasteiger partial charge in [0.05, 0.1) is 11.5 Å². The largest absolute Gasteiger partial charge is 0.333 e. The number of anilines is 1. The van der Waals surface area contributed by atoms with E-state index in [9.17, 15) is 18.0 Å². The van der Waals surface area contributed by atoms with Crippen LogP contribution < -0.4 is 4.90 Å². The second-order valence-corrected chi connectivity index (χ2v) is 7.40. The summed E-state index contributed by atoms with van der Waals surface area (Å²) in [7, 11) is -0.0915. The van der Waals surface area contributed by atoms with Crippen LogP contribution in [0.5, 0.6) is 0 Å². The first kappa shape index (κ1) is 15.5. The lowest BCUT2D eigenvalue weighted by atomic mass is 10.2. The van der Waals surface area contributed by atoms with E-state index in [0.29, 0.717) is 12.1 Å². The Morgan fingerprint density at radius 1 is 1.10 bits per heavy atom. The Bertz CT molecular complexity index is 642. The Morgan fingerprint density at radius 3 is 2.24 bits per heavy atom. The first-order valence-corrected chi connectivity index (χ1v) is 8.44. The van der Waals surface area contributed by atoms with Gasteiger partial charge in [-0.3, -0.25) is 9.59 Å². The minimum atomic E-state index is -3.09. The zero-order valence-corrected chi connectivity index (χ0v) is 12.8. The number of sulfone groups is 1. The number of rotatable bonds is 2. The summed E-state index contributed by atoms with van der Waals surface area (Å²) in [6, 6.07) is 8.40. The Labute approximate surface area is 124 Å². The molecule has 0 saturated carbocycles. The minimum Gasteiger partial charge on any atom is -0.333 e. The Kier molecular flexibility index (Phi) is 4.32. The van der Waals surface area contributed by atoms with Gasteiger partial charge in [-0.1, -0.05) is 18.2 Å². The molecule has 0 aliphatic carbocycles. The zero-order chi connectivity index (χ0) is 15.6. The molecule has 1 aromatic rings.